The molecule has 2 aromatic heterocycles. The number of hydrogen-bond acceptors (Lipinski definition) is 5. The number of methoxy groups -OCH3 is 1. The first kappa shape index (κ1) is 11.1. The lowest BCUT2D eigenvalue weighted by molar-refractivity contribution is -0.107. The number of carbonyl (C=O) groups excluding carboxylic acids is 2. The molecule has 0 spiro atoms. The maximum atomic E-state index is 11.5. The largest absolute Gasteiger partial charge is 0.494 e. The number of imidazole rings is 1. The average Bonchev–Trinajstić information content (AvgIpc) is 2.69. The first-order valence-corrected chi connectivity index (χ1v) is 4.90. The quantitative estimate of drug-likeness (QED) is 0.620. The summed E-state index contributed by atoms with van der Waals surface area (Å²) in [5, 5.41) is 9.70. The topological polar surface area (TPSA) is 80.9 Å². The van der Waals surface area contributed by atoms with E-state index in [1.54, 1.807) is 12.1 Å². The van der Waals surface area contributed by atoms with Crippen LogP contribution >= 0.6 is 0 Å². The molecule has 0 saturated heterocycles. The minimum atomic E-state index is -0.606. The Morgan fingerprint density at radius 2 is 2.35 bits per heavy atom. The summed E-state index contributed by atoms with van der Waals surface area (Å²) >= 11 is 0. The molecule has 17 heavy (non-hydrogen) atoms. The van der Waals surface area contributed by atoms with Crippen molar-refractivity contribution in [1.82, 2.24) is 9.38 Å². The molecule has 0 fully saturated rings. The average molecular weight is 234 g/mol. The predicted molar refractivity (Wildman–Crippen MR) is 58.0 cm³/mol. The van der Waals surface area contributed by atoms with Gasteiger partial charge in [0.25, 0.3) is 0 Å². The highest BCUT2D eigenvalue weighted by Gasteiger charge is 2.19. The van der Waals surface area contributed by atoms with Gasteiger partial charge in [0.1, 0.15) is 12.1 Å². The number of hydrogen-bond donors (Lipinski definition) is 1. The molecule has 0 atom stereocenters. The van der Waals surface area contributed by atoms with Gasteiger partial charge < -0.3 is 14.6 Å². The van der Waals surface area contributed by atoms with E-state index < -0.39 is 5.97 Å². The van der Waals surface area contributed by atoms with Crippen LogP contribution in [0.2, 0.25) is 0 Å². The van der Waals surface area contributed by atoms with E-state index in [1.807, 2.05) is 0 Å². The Kier molecular flexibility index (Phi) is 2.78. The first-order chi connectivity index (χ1) is 8.19. The Morgan fingerprint density at radius 1 is 1.59 bits per heavy atom. The Bertz CT molecular complexity index is 588. The monoisotopic (exact) mass is 234 g/mol. The fraction of sp³-hybridized carbons (Fsp3) is 0.182. The van der Waals surface area contributed by atoms with Crippen LogP contribution in [-0.2, 0) is 16.0 Å². The molecule has 1 N–H and O–H groups in total. The highest BCUT2D eigenvalue weighted by atomic mass is 16.5. The van der Waals surface area contributed by atoms with E-state index in [0.29, 0.717) is 17.6 Å². The second-order valence-electron chi connectivity index (χ2n) is 3.34. The van der Waals surface area contributed by atoms with E-state index in [2.05, 4.69) is 9.72 Å². The van der Waals surface area contributed by atoms with Crippen molar-refractivity contribution in [2.24, 2.45) is 0 Å². The molecule has 0 unspecified atom stereocenters. The van der Waals surface area contributed by atoms with Crippen LogP contribution in [-0.4, -0.2) is 33.9 Å². The van der Waals surface area contributed by atoms with Crippen molar-refractivity contribution >= 4 is 17.8 Å². The minimum Gasteiger partial charge on any atom is -0.494 e. The molecule has 0 aliphatic rings. The SMILES string of the molecule is COC(=O)c1nc(CC=O)n2c(O)cccc12. The van der Waals surface area contributed by atoms with E-state index in [4.69, 9.17) is 0 Å². The van der Waals surface area contributed by atoms with Gasteiger partial charge in [-0.05, 0) is 12.1 Å². The molecule has 6 nitrogen and oxygen atoms in total. The number of aromatic hydroxyl groups is 1. The number of rotatable bonds is 3. The van der Waals surface area contributed by atoms with Crippen molar-refractivity contribution in [3.8, 4) is 5.88 Å². The summed E-state index contributed by atoms with van der Waals surface area (Å²) in [4.78, 5) is 26.0. The molecular formula is C11H10N2O4. The van der Waals surface area contributed by atoms with E-state index in [-0.39, 0.29) is 18.0 Å². The van der Waals surface area contributed by atoms with Gasteiger partial charge in [-0.2, -0.15) is 0 Å². The third-order valence-electron chi connectivity index (χ3n) is 2.36. The van der Waals surface area contributed by atoms with Gasteiger partial charge in [0.15, 0.2) is 11.6 Å². The van der Waals surface area contributed by atoms with Crippen molar-refractivity contribution in [3.05, 3.63) is 29.7 Å². The maximum Gasteiger partial charge on any atom is 0.358 e. The van der Waals surface area contributed by atoms with Crippen LogP contribution in [0.5, 0.6) is 5.88 Å². The smallest absolute Gasteiger partial charge is 0.358 e. The van der Waals surface area contributed by atoms with Crippen LogP contribution in [0.15, 0.2) is 18.2 Å². The zero-order valence-electron chi connectivity index (χ0n) is 9.08. The summed E-state index contributed by atoms with van der Waals surface area (Å²) in [7, 11) is 1.25. The van der Waals surface area contributed by atoms with Crippen molar-refractivity contribution in [3.63, 3.8) is 0 Å². The van der Waals surface area contributed by atoms with Gasteiger partial charge in [-0.3, -0.25) is 4.40 Å². The third-order valence-corrected chi connectivity index (χ3v) is 2.36. The molecule has 2 rings (SSSR count). The number of ether oxygens (including phenoxy) is 1. The highest BCUT2D eigenvalue weighted by molar-refractivity contribution is 5.95. The Balaban J connectivity index is 2.74. The van der Waals surface area contributed by atoms with Crippen molar-refractivity contribution in [2.45, 2.75) is 6.42 Å². The molecule has 0 bridgehead atoms. The predicted octanol–water partition coefficient (Wildman–Crippen LogP) is 0.568. The molecule has 0 radical (unpaired) electrons. The lowest BCUT2D eigenvalue weighted by Crippen LogP contribution is -2.02. The van der Waals surface area contributed by atoms with Crippen LogP contribution in [0, 0.1) is 0 Å². The normalized spacial score (nSPS) is 10.4. The standard InChI is InChI=1S/C11H10N2O4/c1-17-11(16)10-7-3-2-4-9(15)13(7)8(12-10)5-6-14/h2-4,6,15H,5H2,1H3. The number of nitrogens with zero attached hydrogens (tertiary/aromatic N) is 2. The van der Waals surface area contributed by atoms with E-state index in [9.17, 15) is 14.7 Å². The van der Waals surface area contributed by atoms with Crippen LogP contribution in [0.3, 0.4) is 0 Å². The highest BCUT2D eigenvalue weighted by Crippen LogP contribution is 2.20. The van der Waals surface area contributed by atoms with Crippen molar-refractivity contribution in [2.75, 3.05) is 7.11 Å². The fourth-order valence-corrected chi connectivity index (χ4v) is 1.65. The summed E-state index contributed by atoms with van der Waals surface area (Å²) in [5.41, 5.74) is 0.494. The Morgan fingerprint density at radius 3 is 3.00 bits per heavy atom. The van der Waals surface area contributed by atoms with Crippen molar-refractivity contribution < 1.29 is 19.4 Å². The Labute approximate surface area is 96.5 Å². The third kappa shape index (κ3) is 1.73. The maximum absolute atomic E-state index is 11.5. The lowest BCUT2D eigenvalue weighted by atomic mass is 10.3. The summed E-state index contributed by atoms with van der Waals surface area (Å²) in [6.07, 6.45) is 0.665. The van der Waals surface area contributed by atoms with Crippen molar-refractivity contribution in [1.29, 1.82) is 0 Å². The summed E-state index contributed by atoms with van der Waals surface area (Å²) in [6.45, 7) is 0. The minimum absolute atomic E-state index is 0.00966. The molecule has 2 aromatic rings. The van der Waals surface area contributed by atoms with Gasteiger partial charge in [0.05, 0.1) is 19.0 Å². The van der Waals surface area contributed by atoms with Crippen LogP contribution < -0.4 is 0 Å². The summed E-state index contributed by atoms with van der Waals surface area (Å²) < 4.78 is 5.94. The van der Waals surface area contributed by atoms with E-state index in [1.165, 1.54) is 17.6 Å². The van der Waals surface area contributed by atoms with Gasteiger partial charge in [0.2, 0.25) is 0 Å². The van der Waals surface area contributed by atoms with Gasteiger partial charge in [-0.1, -0.05) is 6.07 Å². The number of aromatic nitrogens is 2. The molecule has 88 valence electrons. The zero-order valence-corrected chi connectivity index (χ0v) is 9.08. The first-order valence-electron chi connectivity index (χ1n) is 4.90. The number of carbonyl (C=O) groups is 2. The lowest BCUT2D eigenvalue weighted by Gasteiger charge is -2.00. The summed E-state index contributed by atoms with van der Waals surface area (Å²) in [6, 6.07) is 4.65. The molecule has 0 aromatic carbocycles. The molecule has 6 heteroatoms. The number of fused-ring (bicyclic) bond motifs is 1. The molecule has 0 amide bonds. The summed E-state index contributed by atoms with van der Waals surface area (Å²) in [5.74, 6) is -0.388. The van der Waals surface area contributed by atoms with Gasteiger partial charge in [0, 0.05) is 0 Å². The zero-order chi connectivity index (χ0) is 12.4. The molecule has 0 aliphatic heterocycles. The van der Waals surface area contributed by atoms with E-state index >= 15 is 0 Å². The fourth-order valence-electron chi connectivity index (χ4n) is 1.65. The Hall–Kier alpha value is -2.37. The van der Waals surface area contributed by atoms with Crippen LogP contribution in [0.1, 0.15) is 16.3 Å². The second-order valence-corrected chi connectivity index (χ2v) is 3.34. The second kappa shape index (κ2) is 4.25. The van der Waals surface area contributed by atoms with Gasteiger partial charge in [-0.15, -0.1) is 0 Å². The molecule has 0 saturated carbocycles. The number of pyridine rings is 1. The van der Waals surface area contributed by atoms with Crippen LogP contribution in [0.25, 0.3) is 5.52 Å². The number of esters is 1. The van der Waals surface area contributed by atoms with Gasteiger partial charge >= 0.3 is 5.97 Å². The van der Waals surface area contributed by atoms with E-state index in [0.717, 1.165) is 0 Å². The van der Waals surface area contributed by atoms with Crippen LogP contribution in [0.4, 0.5) is 0 Å². The molecule has 0 aliphatic carbocycles. The molecular weight excluding hydrogens is 224 g/mol. The number of aldehydes is 1. The molecule has 2 heterocycles. The van der Waals surface area contributed by atoms with Gasteiger partial charge in [-0.25, -0.2) is 9.78 Å².